The smallest absolute Gasteiger partial charge is 0.0350 e. The molecule has 0 N–H and O–H groups in total. The number of hydrogen-bond acceptors (Lipinski definition) is 0. The van der Waals surface area contributed by atoms with E-state index in [1.807, 2.05) is 6.08 Å². The standard InChI is InChI=1S/C7H12.C4H6/c1-3-5-7-6-4-2;1-3-4-2/h3,5,7H,1,4,6H2,2H3;3-4H,1-2H2. The third-order valence-corrected chi connectivity index (χ3v) is 0.894. The van der Waals surface area contributed by atoms with Crippen LogP contribution in [-0.2, 0) is 0 Å². The van der Waals surface area contributed by atoms with Crippen molar-refractivity contribution < 1.29 is 0 Å². The van der Waals surface area contributed by atoms with E-state index in [0.717, 1.165) is 0 Å². The first-order chi connectivity index (χ1) is 5.33. The second-order valence-electron chi connectivity index (χ2n) is 1.92. The molecule has 0 spiro atoms. The predicted octanol–water partition coefficient (Wildman–Crippen LogP) is 3.89. The molecule has 0 fully saturated rings. The Morgan fingerprint density at radius 2 is 1.55 bits per heavy atom. The molecule has 0 aromatic heterocycles. The predicted molar refractivity (Wildman–Crippen MR) is 54.6 cm³/mol. The van der Waals surface area contributed by atoms with Gasteiger partial charge in [0.1, 0.15) is 0 Å². The minimum atomic E-state index is 1.17. The topological polar surface area (TPSA) is 0 Å². The molecule has 0 bridgehead atoms. The Morgan fingerprint density at radius 1 is 1.00 bits per heavy atom. The van der Waals surface area contributed by atoms with Crippen molar-refractivity contribution in [2.24, 2.45) is 0 Å². The average molecular weight is 150 g/mol. The Labute approximate surface area is 70.6 Å². The minimum absolute atomic E-state index is 1.17. The lowest BCUT2D eigenvalue weighted by Crippen LogP contribution is -1.56. The SMILES string of the molecule is C=CC=C.C=CC=CCCC. The molecule has 0 saturated carbocycles. The maximum atomic E-state index is 3.55. The molecule has 0 heteroatoms. The molecule has 0 unspecified atom stereocenters. The van der Waals surface area contributed by atoms with Crippen LogP contribution in [0.5, 0.6) is 0 Å². The zero-order chi connectivity index (χ0) is 8.95. The molecule has 0 rings (SSSR count). The van der Waals surface area contributed by atoms with Gasteiger partial charge in [0.25, 0.3) is 0 Å². The zero-order valence-electron chi connectivity index (χ0n) is 7.42. The van der Waals surface area contributed by atoms with E-state index in [9.17, 15) is 0 Å². The van der Waals surface area contributed by atoms with Gasteiger partial charge in [-0.25, -0.2) is 0 Å². The van der Waals surface area contributed by atoms with Crippen molar-refractivity contribution in [1.82, 2.24) is 0 Å². The largest absolute Gasteiger partial charge is 0.0991 e. The Balaban J connectivity index is 0. The fourth-order valence-corrected chi connectivity index (χ4v) is 0.359. The fraction of sp³-hybridized carbons (Fsp3) is 0.273. The Bertz CT molecular complexity index is 112. The van der Waals surface area contributed by atoms with Crippen molar-refractivity contribution in [1.29, 1.82) is 0 Å². The van der Waals surface area contributed by atoms with Crippen LogP contribution in [0.3, 0.4) is 0 Å². The van der Waals surface area contributed by atoms with Crippen LogP contribution in [0.4, 0.5) is 0 Å². The first-order valence-electron chi connectivity index (χ1n) is 3.84. The van der Waals surface area contributed by atoms with Crippen LogP contribution in [0.15, 0.2) is 50.1 Å². The highest BCUT2D eigenvalue weighted by atomic mass is 13.7. The monoisotopic (exact) mass is 150 g/mol. The molecule has 0 saturated heterocycles. The quantitative estimate of drug-likeness (QED) is 0.533. The van der Waals surface area contributed by atoms with Crippen molar-refractivity contribution in [2.45, 2.75) is 19.8 Å². The van der Waals surface area contributed by atoms with Gasteiger partial charge in [0, 0.05) is 0 Å². The lowest BCUT2D eigenvalue weighted by molar-refractivity contribution is 0.959. The van der Waals surface area contributed by atoms with E-state index in [2.05, 4.69) is 32.7 Å². The summed E-state index contributed by atoms with van der Waals surface area (Å²) >= 11 is 0. The molecule has 0 aliphatic carbocycles. The van der Waals surface area contributed by atoms with Crippen LogP contribution in [0.25, 0.3) is 0 Å². The van der Waals surface area contributed by atoms with Crippen molar-refractivity contribution in [3.63, 3.8) is 0 Å². The van der Waals surface area contributed by atoms with Crippen LogP contribution >= 0.6 is 0 Å². The number of rotatable bonds is 4. The van der Waals surface area contributed by atoms with E-state index in [0.29, 0.717) is 0 Å². The lowest BCUT2D eigenvalue weighted by Gasteiger charge is -1.77. The van der Waals surface area contributed by atoms with Gasteiger partial charge in [0.15, 0.2) is 0 Å². The molecule has 0 heterocycles. The Kier molecular flexibility index (Phi) is 18.3. The summed E-state index contributed by atoms with van der Waals surface area (Å²) in [4.78, 5) is 0. The van der Waals surface area contributed by atoms with Crippen LogP contribution in [0.2, 0.25) is 0 Å². The highest BCUT2D eigenvalue weighted by Gasteiger charge is 1.66. The zero-order valence-corrected chi connectivity index (χ0v) is 7.42. The van der Waals surface area contributed by atoms with Gasteiger partial charge in [0.2, 0.25) is 0 Å². The molecule has 0 aromatic carbocycles. The van der Waals surface area contributed by atoms with E-state index < -0.39 is 0 Å². The number of hydrogen-bond donors (Lipinski definition) is 0. The summed E-state index contributed by atoms with van der Waals surface area (Å²) in [5.41, 5.74) is 0. The summed E-state index contributed by atoms with van der Waals surface area (Å²) in [5.74, 6) is 0. The van der Waals surface area contributed by atoms with Gasteiger partial charge in [0.05, 0.1) is 0 Å². The fourth-order valence-electron chi connectivity index (χ4n) is 0.359. The molecule has 0 amide bonds. The van der Waals surface area contributed by atoms with E-state index in [4.69, 9.17) is 0 Å². The van der Waals surface area contributed by atoms with E-state index in [1.165, 1.54) is 12.8 Å². The van der Waals surface area contributed by atoms with Gasteiger partial charge in [-0.1, -0.05) is 63.5 Å². The molecular formula is C11H18. The first kappa shape index (κ1) is 12.6. The highest BCUT2D eigenvalue weighted by Crippen LogP contribution is 1.86. The van der Waals surface area contributed by atoms with E-state index >= 15 is 0 Å². The molecule has 0 radical (unpaired) electrons. The van der Waals surface area contributed by atoms with Gasteiger partial charge in [-0.2, -0.15) is 0 Å². The van der Waals surface area contributed by atoms with Crippen molar-refractivity contribution >= 4 is 0 Å². The van der Waals surface area contributed by atoms with Gasteiger partial charge < -0.3 is 0 Å². The van der Waals surface area contributed by atoms with Gasteiger partial charge in [-0.3, -0.25) is 0 Å². The maximum Gasteiger partial charge on any atom is -0.0350 e. The molecule has 0 aliphatic heterocycles. The normalized spacial score (nSPS) is 8.09. The van der Waals surface area contributed by atoms with Crippen LogP contribution in [0.1, 0.15) is 19.8 Å². The van der Waals surface area contributed by atoms with Crippen molar-refractivity contribution in [2.75, 3.05) is 0 Å². The average Bonchev–Trinajstić information content (AvgIpc) is 2.06. The number of allylic oxidation sites excluding steroid dienone is 5. The molecule has 0 aliphatic rings. The third kappa shape index (κ3) is 27.7. The molecule has 11 heavy (non-hydrogen) atoms. The Hall–Kier alpha value is -1.04. The third-order valence-electron chi connectivity index (χ3n) is 0.894. The van der Waals surface area contributed by atoms with Gasteiger partial charge in [-0.05, 0) is 6.42 Å². The van der Waals surface area contributed by atoms with Crippen molar-refractivity contribution in [3.05, 3.63) is 50.1 Å². The summed E-state index contributed by atoms with van der Waals surface area (Å²) in [6.45, 7) is 12.4. The lowest BCUT2D eigenvalue weighted by atomic mass is 10.3. The summed E-state index contributed by atoms with van der Waals surface area (Å²) in [6, 6.07) is 0. The van der Waals surface area contributed by atoms with Crippen LogP contribution in [0, 0.1) is 0 Å². The summed E-state index contributed by atoms with van der Waals surface area (Å²) < 4.78 is 0. The molecule has 0 nitrogen and oxygen atoms in total. The van der Waals surface area contributed by atoms with E-state index in [-0.39, 0.29) is 0 Å². The number of unbranched alkanes of at least 4 members (excludes halogenated alkanes) is 1. The van der Waals surface area contributed by atoms with E-state index in [1.54, 1.807) is 18.2 Å². The second kappa shape index (κ2) is 16.0. The van der Waals surface area contributed by atoms with Crippen molar-refractivity contribution in [3.8, 4) is 0 Å². The summed E-state index contributed by atoms with van der Waals surface area (Å²) in [7, 11) is 0. The molecular weight excluding hydrogens is 132 g/mol. The van der Waals surface area contributed by atoms with Gasteiger partial charge in [-0.15, -0.1) is 0 Å². The highest BCUT2D eigenvalue weighted by molar-refractivity contribution is 4.96. The van der Waals surface area contributed by atoms with Gasteiger partial charge >= 0.3 is 0 Å². The Morgan fingerprint density at radius 3 is 1.82 bits per heavy atom. The minimum Gasteiger partial charge on any atom is -0.0991 e. The van der Waals surface area contributed by atoms with Crippen LogP contribution in [-0.4, -0.2) is 0 Å². The molecule has 62 valence electrons. The first-order valence-corrected chi connectivity index (χ1v) is 3.84. The van der Waals surface area contributed by atoms with Crippen LogP contribution < -0.4 is 0 Å². The second-order valence-corrected chi connectivity index (χ2v) is 1.92. The maximum absolute atomic E-state index is 3.55. The molecule has 0 aromatic rings. The summed E-state index contributed by atoms with van der Waals surface area (Å²) in [5, 5.41) is 0. The summed E-state index contributed by atoms with van der Waals surface area (Å²) in [6.07, 6.45) is 11.6. The molecule has 0 atom stereocenters.